The van der Waals surface area contributed by atoms with E-state index in [4.69, 9.17) is 4.74 Å². The molecule has 0 aliphatic rings. The van der Waals surface area contributed by atoms with Crippen molar-refractivity contribution in [2.24, 2.45) is 0 Å². The van der Waals surface area contributed by atoms with Crippen molar-refractivity contribution >= 4 is 23.5 Å². The van der Waals surface area contributed by atoms with Gasteiger partial charge < -0.3 is 15.0 Å². The second-order valence-corrected chi connectivity index (χ2v) is 5.67. The normalized spacial score (nSPS) is 10.1. The van der Waals surface area contributed by atoms with Gasteiger partial charge in [-0.25, -0.2) is 4.79 Å². The monoisotopic (exact) mass is 354 g/mol. The minimum absolute atomic E-state index is 0.110. The highest BCUT2D eigenvalue weighted by molar-refractivity contribution is 6.02. The molecule has 0 atom stereocenters. The number of hydrogen-bond donors (Lipinski definition) is 1. The van der Waals surface area contributed by atoms with E-state index in [1.807, 2.05) is 30.3 Å². The molecule has 0 aromatic heterocycles. The average molecular weight is 354 g/mol. The Morgan fingerprint density at radius 3 is 2.31 bits per heavy atom. The molecular weight excluding hydrogens is 332 g/mol. The SMILES string of the molecule is CCOC(=O)c1ccccc1NC(=O)CN(Cc1ccccc1)C(C)=O. The van der Waals surface area contributed by atoms with E-state index < -0.39 is 5.97 Å². The number of rotatable bonds is 7. The minimum atomic E-state index is -0.504. The molecule has 0 radical (unpaired) electrons. The summed E-state index contributed by atoms with van der Waals surface area (Å²) in [5.41, 5.74) is 1.57. The lowest BCUT2D eigenvalue weighted by atomic mass is 10.1. The standard InChI is InChI=1S/C20H22N2O4/c1-3-26-20(25)17-11-7-8-12-18(17)21-19(24)14-22(15(2)23)13-16-9-5-4-6-10-16/h4-12H,3,13-14H2,1-2H3,(H,21,24). The van der Waals surface area contributed by atoms with E-state index in [1.165, 1.54) is 11.8 Å². The Morgan fingerprint density at radius 2 is 1.65 bits per heavy atom. The smallest absolute Gasteiger partial charge is 0.340 e. The van der Waals surface area contributed by atoms with Gasteiger partial charge in [0.1, 0.15) is 6.54 Å². The van der Waals surface area contributed by atoms with Crippen LogP contribution in [0.2, 0.25) is 0 Å². The molecule has 6 heteroatoms. The number of nitrogens with one attached hydrogen (secondary N) is 1. The molecule has 2 amide bonds. The first-order valence-corrected chi connectivity index (χ1v) is 8.36. The zero-order chi connectivity index (χ0) is 18.9. The number of ether oxygens (including phenoxy) is 1. The number of amides is 2. The van der Waals surface area contributed by atoms with Gasteiger partial charge in [-0.05, 0) is 24.6 Å². The van der Waals surface area contributed by atoms with Crippen molar-refractivity contribution in [1.82, 2.24) is 4.90 Å². The van der Waals surface area contributed by atoms with E-state index in [2.05, 4.69) is 5.32 Å². The Hall–Kier alpha value is -3.15. The number of para-hydroxylation sites is 1. The fraction of sp³-hybridized carbons (Fsp3) is 0.250. The van der Waals surface area contributed by atoms with Crippen molar-refractivity contribution in [2.75, 3.05) is 18.5 Å². The molecule has 136 valence electrons. The van der Waals surface area contributed by atoms with Crippen molar-refractivity contribution in [1.29, 1.82) is 0 Å². The summed E-state index contributed by atoms with van der Waals surface area (Å²) in [5.74, 6) is -1.09. The van der Waals surface area contributed by atoms with Crippen molar-refractivity contribution in [3.63, 3.8) is 0 Å². The van der Waals surface area contributed by atoms with Gasteiger partial charge in [-0.15, -0.1) is 0 Å². The first-order valence-electron chi connectivity index (χ1n) is 8.36. The van der Waals surface area contributed by atoms with E-state index in [-0.39, 0.29) is 30.5 Å². The predicted molar refractivity (Wildman–Crippen MR) is 98.6 cm³/mol. The van der Waals surface area contributed by atoms with Crippen LogP contribution in [0.4, 0.5) is 5.69 Å². The Bertz CT molecular complexity index is 774. The Morgan fingerprint density at radius 1 is 1.00 bits per heavy atom. The lowest BCUT2D eigenvalue weighted by Gasteiger charge is -2.21. The third-order valence-corrected chi connectivity index (χ3v) is 3.69. The van der Waals surface area contributed by atoms with Gasteiger partial charge >= 0.3 is 5.97 Å². The van der Waals surface area contributed by atoms with Crippen LogP contribution in [0.1, 0.15) is 29.8 Å². The molecular formula is C20H22N2O4. The van der Waals surface area contributed by atoms with Crippen molar-refractivity contribution in [3.05, 3.63) is 65.7 Å². The zero-order valence-corrected chi connectivity index (χ0v) is 14.9. The quantitative estimate of drug-likeness (QED) is 0.776. The van der Waals surface area contributed by atoms with Gasteiger partial charge in [0.2, 0.25) is 11.8 Å². The van der Waals surface area contributed by atoms with Crippen molar-refractivity contribution < 1.29 is 19.1 Å². The summed E-state index contributed by atoms with van der Waals surface area (Å²) in [4.78, 5) is 37.7. The van der Waals surface area contributed by atoms with Crippen LogP contribution in [0.3, 0.4) is 0 Å². The fourth-order valence-corrected chi connectivity index (χ4v) is 2.42. The second kappa shape index (κ2) is 9.36. The predicted octanol–water partition coefficient (Wildman–Crippen LogP) is 2.85. The van der Waals surface area contributed by atoms with E-state index in [1.54, 1.807) is 31.2 Å². The van der Waals surface area contributed by atoms with E-state index in [9.17, 15) is 14.4 Å². The van der Waals surface area contributed by atoms with Crippen LogP contribution >= 0.6 is 0 Å². The average Bonchev–Trinajstić information content (AvgIpc) is 2.62. The van der Waals surface area contributed by atoms with Gasteiger partial charge in [0, 0.05) is 13.5 Å². The van der Waals surface area contributed by atoms with Gasteiger partial charge in [0.25, 0.3) is 0 Å². The summed E-state index contributed by atoms with van der Waals surface area (Å²) < 4.78 is 4.99. The number of carbonyl (C=O) groups is 3. The minimum Gasteiger partial charge on any atom is -0.462 e. The van der Waals surface area contributed by atoms with E-state index in [0.29, 0.717) is 12.2 Å². The first-order chi connectivity index (χ1) is 12.5. The molecule has 0 fully saturated rings. The maximum atomic E-state index is 12.4. The molecule has 1 N–H and O–H groups in total. The first kappa shape index (κ1) is 19.2. The molecule has 0 spiro atoms. The Kier molecular flexibility index (Phi) is 6.91. The Labute approximate surface area is 152 Å². The lowest BCUT2D eigenvalue weighted by Crippen LogP contribution is -2.36. The molecule has 6 nitrogen and oxygen atoms in total. The van der Waals surface area contributed by atoms with Gasteiger partial charge in [-0.1, -0.05) is 42.5 Å². The highest BCUT2D eigenvalue weighted by Crippen LogP contribution is 2.16. The van der Waals surface area contributed by atoms with Gasteiger partial charge in [0.05, 0.1) is 17.9 Å². The summed E-state index contributed by atoms with van der Waals surface area (Å²) in [7, 11) is 0. The molecule has 2 rings (SSSR count). The zero-order valence-electron chi connectivity index (χ0n) is 14.9. The maximum absolute atomic E-state index is 12.4. The number of esters is 1. The molecule has 0 heterocycles. The van der Waals surface area contributed by atoms with E-state index >= 15 is 0 Å². The summed E-state index contributed by atoms with van der Waals surface area (Å²) in [6.45, 7) is 3.61. The third-order valence-electron chi connectivity index (χ3n) is 3.69. The number of anilines is 1. The molecule has 0 saturated carbocycles. The highest BCUT2D eigenvalue weighted by atomic mass is 16.5. The Balaban J connectivity index is 2.07. The fourth-order valence-electron chi connectivity index (χ4n) is 2.42. The highest BCUT2D eigenvalue weighted by Gasteiger charge is 2.17. The molecule has 0 unspecified atom stereocenters. The third kappa shape index (κ3) is 5.44. The van der Waals surface area contributed by atoms with Crippen molar-refractivity contribution in [3.8, 4) is 0 Å². The number of nitrogens with zero attached hydrogens (tertiary/aromatic N) is 1. The summed E-state index contributed by atoms with van der Waals surface area (Å²) in [6.07, 6.45) is 0. The van der Waals surface area contributed by atoms with Gasteiger partial charge in [0.15, 0.2) is 0 Å². The summed E-state index contributed by atoms with van der Waals surface area (Å²) in [6, 6.07) is 16.0. The van der Waals surface area contributed by atoms with Crippen LogP contribution in [0.15, 0.2) is 54.6 Å². The summed E-state index contributed by atoms with van der Waals surface area (Å²) >= 11 is 0. The van der Waals surface area contributed by atoms with Crippen LogP contribution in [0.5, 0.6) is 0 Å². The number of benzene rings is 2. The second-order valence-electron chi connectivity index (χ2n) is 5.67. The molecule has 0 aliphatic heterocycles. The van der Waals surface area contributed by atoms with E-state index in [0.717, 1.165) is 5.56 Å². The molecule has 2 aromatic rings. The molecule has 0 saturated heterocycles. The lowest BCUT2D eigenvalue weighted by molar-refractivity contribution is -0.133. The topological polar surface area (TPSA) is 75.7 Å². The number of hydrogen-bond acceptors (Lipinski definition) is 4. The van der Waals surface area contributed by atoms with Gasteiger partial charge in [-0.3, -0.25) is 9.59 Å². The van der Waals surface area contributed by atoms with Crippen LogP contribution < -0.4 is 5.32 Å². The van der Waals surface area contributed by atoms with Gasteiger partial charge in [-0.2, -0.15) is 0 Å². The molecule has 0 bridgehead atoms. The largest absolute Gasteiger partial charge is 0.462 e. The number of carbonyl (C=O) groups excluding carboxylic acids is 3. The van der Waals surface area contributed by atoms with Crippen molar-refractivity contribution in [2.45, 2.75) is 20.4 Å². The van der Waals surface area contributed by atoms with Crippen LogP contribution in [-0.2, 0) is 20.9 Å². The molecule has 0 aliphatic carbocycles. The summed E-state index contributed by atoms with van der Waals surface area (Å²) in [5, 5.41) is 2.69. The van der Waals surface area contributed by atoms with Crippen LogP contribution in [-0.4, -0.2) is 35.8 Å². The molecule has 26 heavy (non-hydrogen) atoms. The van der Waals surface area contributed by atoms with Crippen LogP contribution in [0.25, 0.3) is 0 Å². The molecule has 2 aromatic carbocycles. The maximum Gasteiger partial charge on any atom is 0.340 e. The van der Waals surface area contributed by atoms with Crippen LogP contribution in [0, 0.1) is 0 Å².